The number of halogens is 1. The summed E-state index contributed by atoms with van der Waals surface area (Å²) >= 11 is 7.45. The Morgan fingerprint density at radius 3 is 3.00 bits per heavy atom. The number of likely N-dealkylation sites (tertiary alicyclic amines) is 1. The maximum absolute atomic E-state index is 12.3. The number of aromatic nitrogens is 1. The lowest BCUT2D eigenvalue weighted by Gasteiger charge is -2.34. The smallest absolute Gasteiger partial charge is 0.317 e. The minimum atomic E-state index is -0.845. The Kier molecular flexibility index (Phi) is 4.91. The first-order valence-corrected chi connectivity index (χ1v) is 8.92. The van der Waals surface area contributed by atoms with Crippen LogP contribution >= 0.6 is 22.9 Å². The summed E-state index contributed by atoms with van der Waals surface area (Å²) in [7, 11) is 0. The van der Waals surface area contributed by atoms with E-state index in [9.17, 15) is 14.7 Å². The van der Waals surface area contributed by atoms with Gasteiger partial charge in [-0.3, -0.25) is 4.79 Å². The molecule has 1 aromatic carbocycles. The minimum Gasteiger partial charge on any atom is -0.481 e. The Balaban J connectivity index is 1.62. The van der Waals surface area contributed by atoms with Crippen LogP contribution in [0.3, 0.4) is 0 Å². The highest BCUT2D eigenvalue weighted by atomic mass is 35.5. The summed E-state index contributed by atoms with van der Waals surface area (Å²) in [6, 6.07) is 5.27. The van der Waals surface area contributed by atoms with Crippen LogP contribution in [0.25, 0.3) is 10.2 Å². The molecule has 0 aliphatic carbocycles. The Labute approximate surface area is 148 Å². The zero-order chi connectivity index (χ0) is 17.3. The third kappa shape index (κ3) is 3.79. The number of carbonyl (C=O) groups excluding carboxylic acids is 1. The summed E-state index contributed by atoms with van der Waals surface area (Å²) in [5.41, 5.74) is 0.814. The van der Waals surface area contributed by atoms with Crippen LogP contribution < -0.4 is 5.32 Å². The second-order valence-electron chi connectivity index (χ2n) is 6.16. The van der Waals surface area contributed by atoms with E-state index in [-0.39, 0.29) is 18.5 Å². The number of rotatable bonds is 3. The molecule has 0 spiro atoms. The lowest BCUT2D eigenvalue weighted by Crippen LogP contribution is -2.49. The number of urea groups is 1. The number of amides is 2. The second-order valence-corrected chi connectivity index (χ2v) is 7.71. The minimum absolute atomic E-state index is 0.176. The molecule has 1 aliphatic rings. The molecule has 1 aliphatic heterocycles. The molecule has 2 heterocycles. The van der Waals surface area contributed by atoms with Crippen LogP contribution in [0.1, 0.15) is 18.4 Å². The van der Waals surface area contributed by atoms with Gasteiger partial charge in [0.05, 0.1) is 22.7 Å². The van der Waals surface area contributed by atoms with Crippen molar-refractivity contribution in [2.45, 2.75) is 19.9 Å². The van der Waals surface area contributed by atoms with Crippen LogP contribution in [0, 0.1) is 11.8 Å². The summed E-state index contributed by atoms with van der Waals surface area (Å²) < 4.78 is 1.01. The molecule has 3 rings (SSSR count). The van der Waals surface area contributed by atoms with E-state index in [1.807, 2.05) is 19.1 Å². The van der Waals surface area contributed by atoms with Crippen molar-refractivity contribution in [3.8, 4) is 0 Å². The first-order valence-electron chi connectivity index (χ1n) is 7.73. The lowest BCUT2D eigenvalue weighted by atomic mass is 9.91. The molecule has 1 aromatic heterocycles. The van der Waals surface area contributed by atoms with Gasteiger partial charge in [0.2, 0.25) is 0 Å². The fourth-order valence-electron chi connectivity index (χ4n) is 2.98. The van der Waals surface area contributed by atoms with Crippen LogP contribution in [0.15, 0.2) is 18.2 Å². The number of carboxylic acids is 1. The lowest BCUT2D eigenvalue weighted by molar-refractivity contribution is -0.143. The summed E-state index contributed by atoms with van der Waals surface area (Å²) in [6.45, 7) is 3.11. The fraction of sp³-hybridized carbons (Fsp3) is 0.438. The number of aliphatic carboxylic acids is 1. The number of carboxylic acid groups (broad SMARTS) is 1. The molecule has 1 saturated heterocycles. The average Bonchev–Trinajstić information content (AvgIpc) is 2.93. The largest absolute Gasteiger partial charge is 0.481 e. The molecule has 8 heteroatoms. The van der Waals surface area contributed by atoms with Crippen LogP contribution in [0.4, 0.5) is 4.79 Å². The van der Waals surface area contributed by atoms with Crippen molar-refractivity contribution >= 4 is 45.2 Å². The number of fused-ring (bicyclic) bond motifs is 1. The average molecular weight is 368 g/mol. The van der Waals surface area contributed by atoms with E-state index in [0.717, 1.165) is 15.2 Å². The third-order valence-corrected chi connectivity index (χ3v) is 5.35. The van der Waals surface area contributed by atoms with Gasteiger partial charge in [0.1, 0.15) is 5.01 Å². The van der Waals surface area contributed by atoms with Crippen molar-refractivity contribution in [2.24, 2.45) is 11.8 Å². The molecule has 0 radical (unpaired) electrons. The van der Waals surface area contributed by atoms with Crippen LogP contribution in [-0.4, -0.2) is 40.1 Å². The molecule has 2 atom stereocenters. The molecule has 2 amide bonds. The number of carbonyl (C=O) groups is 2. The monoisotopic (exact) mass is 367 g/mol. The van der Waals surface area contributed by atoms with Gasteiger partial charge in [0, 0.05) is 18.1 Å². The van der Waals surface area contributed by atoms with Crippen LogP contribution in [-0.2, 0) is 11.3 Å². The first kappa shape index (κ1) is 17.0. The SMILES string of the molecule is CC1CC(C(=O)O)CN(C(=O)NCc2nc3cc(Cl)ccc3s2)C1. The van der Waals surface area contributed by atoms with Crippen molar-refractivity contribution < 1.29 is 14.7 Å². The molecule has 0 bridgehead atoms. The van der Waals surface area contributed by atoms with E-state index in [2.05, 4.69) is 10.3 Å². The van der Waals surface area contributed by atoms with Gasteiger partial charge in [-0.1, -0.05) is 18.5 Å². The molecule has 2 unspecified atom stereocenters. The fourth-order valence-corrected chi connectivity index (χ4v) is 4.04. The van der Waals surface area contributed by atoms with Gasteiger partial charge in [-0.05, 0) is 30.5 Å². The van der Waals surface area contributed by atoms with Crippen molar-refractivity contribution in [3.63, 3.8) is 0 Å². The summed E-state index contributed by atoms with van der Waals surface area (Å²) in [5.74, 6) is -1.17. The van der Waals surface area contributed by atoms with Crippen molar-refractivity contribution in [1.29, 1.82) is 0 Å². The van der Waals surface area contributed by atoms with Gasteiger partial charge >= 0.3 is 12.0 Å². The van der Waals surface area contributed by atoms with Gasteiger partial charge in [0.25, 0.3) is 0 Å². The van der Waals surface area contributed by atoms with E-state index in [1.165, 1.54) is 11.3 Å². The number of piperidine rings is 1. The Bertz CT molecular complexity index is 779. The quantitative estimate of drug-likeness (QED) is 0.872. The number of nitrogens with zero attached hydrogens (tertiary/aromatic N) is 2. The Hall–Kier alpha value is -1.86. The van der Waals surface area contributed by atoms with Gasteiger partial charge < -0.3 is 15.3 Å². The normalized spacial score (nSPS) is 21.0. The predicted octanol–water partition coefficient (Wildman–Crippen LogP) is 3.20. The molecule has 6 nitrogen and oxygen atoms in total. The van der Waals surface area contributed by atoms with E-state index >= 15 is 0 Å². The van der Waals surface area contributed by atoms with Gasteiger partial charge in [-0.15, -0.1) is 11.3 Å². The zero-order valence-corrected chi connectivity index (χ0v) is 14.7. The number of nitrogens with one attached hydrogen (secondary N) is 1. The van der Waals surface area contributed by atoms with Gasteiger partial charge in [-0.25, -0.2) is 9.78 Å². The third-order valence-electron chi connectivity index (χ3n) is 4.08. The first-order chi connectivity index (χ1) is 11.4. The second kappa shape index (κ2) is 6.94. The molecule has 1 fully saturated rings. The van der Waals surface area contributed by atoms with Crippen molar-refractivity contribution in [2.75, 3.05) is 13.1 Å². The van der Waals surface area contributed by atoms with E-state index in [1.54, 1.807) is 11.0 Å². The number of hydrogen-bond donors (Lipinski definition) is 2. The summed E-state index contributed by atoms with van der Waals surface area (Å²) in [4.78, 5) is 29.6. The van der Waals surface area contributed by atoms with E-state index < -0.39 is 11.9 Å². The van der Waals surface area contributed by atoms with Gasteiger partial charge in [0.15, 0.2) is 0 Å². The molecule has 128 valence electrons. The number of benzene rings is 1. The summed E-state index contributed by atoms with van der Waals surface area (Å²) in [6.07, 6.45) is 0.609. The molecule has 0 saturated carbocycles. The van der Waals surface area contributed by atoms with Crippen LogP contribution in [0.2, 0.25) is 5.02 Å². The molecular weight excluding hydrogens is 350 g/mol. The molecule has 2 N–H and O–H groups in total. The van der Waals surface area contributed by atoms with Crippen molar-refractivity contribution in [3.05, 3.63) is 28.2 Å². The Morgan fingerprint density at radius 1 is 1.46 bits per heavy atom. The zero-order valence-electron chi connectivity index (χ0n) is 13.2. The van der Waals surface area contributed by atoms with Crippen molar-refractivity contribution in [1.82, 2.24) is 15.2 Å². The molecule has 2 aromatic rings. The number of hydrogen-bond acceptors (Lipinski definition) is 4. The molecule has 24 heavy (non-hydrogen) atoms. The highest BCUT2D eigenvalue weighted by Gasteiger charge is 2.31. The van der Waals surface area contributed by atoms with E-state index in [0.29, 0.717) is 24.5 Å². The topological polar surface area (TPSA) is 82.5 Å². The maximum atomic E-state index is 12.3. The maximum Gasteiger partial charge on any atom is 0.317 e. The standard InChI is InChI=1S/C16H18ClN3O3S/c1-9-4-10(15(21)22)8-20(7-9)16(23)18-6-14-19-12-5-11(17)2-3-13(12)24-14/h2-3,5,9-10H,4,6-8H2,1H3,(H,18,23)(H,21,22). The molecular formula is C16H18ClN3O3S. The van der Waals surface area contributed by atoms with Crippen LogP contribution in [0.5, 0.6) is 0 Å². The summed E-state index contributed by atoms with van der Waals surface area (Å²) in [5, 5.41) is 13.4. The van der Waals surface area contributed by atoms with Gasteiger partial charge in [-0.2, -0.15) is 0 Å². The predicted molar refractivity (Wildman–Crippen MR) is 93.3 cm³/mol. The number of thiazole rings is 1. The highest BCUT2D eigenvalue weighted by molar-refractivity contribution is 7.18. The van der Waals surface area contributed by atoms with E-state index in [4.69, 9.17) is 11.6 Å². The highest BCUT2D eigenvalue weighted by Crippen LogP contribution is 2.25. The Morgan fingerprint density at radius 2 is 2.25 bits per heavy atom.